The summed E-state index contributed by atoms with van der Waals surface area (Å²) >= 11 is 0. The monoisotopic (exact) mass is 241 g/mol. The van der Waals surface area contributed by atoms with Crippen molar-refractivity contribution in [1.82, 2.24) is 0 Å². The Hall–Kier alpha value is -0.803. The number of benzene rings is 1. The van der Waals surface area contributed by atoms with Crippen LogP contribution in [0.4, 0.5) is 0 Å². The number of halogens is 1. The maximum atomic E-state index is 10.9. The van der Waals surface area contributed by atoms with Crippen LogP contribution in [0.25, 0.3) is 0 Å². The molecule has 1 rings (SSSR count). The Kier molecular flexibility index (Phi) is 5.04. The highest BCUT2D eigenvalue weighted by atomic mass is 35.5. The minimum Gasteiger partial charge on any atom is -0.478 e. The summed E-state index contributed by atoms with van der Waals surface area (Å²) in [5, 5.41) is 8.97. The maximum absolute atomic E-state index is 10.9. The van der Waals surface area contributed by atoms with Crippen LogP contribution in [0.1, 0.15) is 32.6 Å². The fourth-order valence-corrected chi connectivity index (χ4v) is 2.17. The van der Waals surface area contributed by atoms with Gasteiger partial charge in [0.2, 0.25) is 0 Å². The van der Waals surface area contributed by atoms with E-state index in [9.17, 15) is 4.79 Å². The second-order valence-corrected chi connectivity index (χ2v) is 3.81. The molecule has 81 valence electrons. The number of carbonyl (C=O) groups is 1. The van der Waals surface area contributed by atoms with Gasteiger partial charge in [-0.05, 0) is 55.1 Å². The van der Waals surface area contributed by atoms with E-state index in [0.717, 1.165) is 22.7 Å². The summed E-state index contributed by atoms with van der Waals surface area (Å²) in [5.41, 5.74) is 4.54. The lowest BCUT2D eigenvalue weighted by atomic mass is 9.94. The van der Waals surface area contributed by atoms with Crippen molar-refractivity contribution in [2.45, 2.75) is 26.8 Å². The minimum atomic E-state index is -0.853. The predicted molar refractivity (Wildman–Crippen MR) is 64.3 cm³/mol. The van der Waals surface area contributed by atoms with E-state index in [1.165, 1.54) is 5.56 Å². The van der Waals surface area contributed by atoms with Crippen molar-refractivity contribution < 1.29 is 9.90 Å². The van der Waals surface area contributed by atoms with Crippen LogP contribution in [-0.4, -0.2) is 21.3 Å². The van der Waals surface area contributed by atoms with E-state index in [2.05, 4.69) is 10.2 Å². The van der Waals surface area contributed by atoms with Crippen molar-refractivity contribution in [2.75, 3.05) is 0 Å². The Morgan fingerprint density at radius 1 is 1.33 bits per heavy atom. The van der Waals surface area contributed by atoms with Gasteiger partial charge in [0, 0.05) is 10.2 Å². The Labute approximate surface area is 99.5 Å². The van der Waals surface area contributed by atoms with E-state index in [1.807, 2.05) is 20.8 Å². The molecule has 0 fully saturated rings. The zero-order valence-electron chi connectivity index (χ0n) is 9.05. The topological polar surface area (TPSA) is 37.3 Å². The second-order valence-electron chi connectivity index (χ2n) is 3.45. The lowest BCUT2D eigenvalue weighted by molar-refractivity contribution is 0.0696. The lowest BCUT2D eigenvalue weighted by Gasteiger charge is -2.13. The van der Waals surface area contributed by atoms with Gasteiger partial charge >= 0.3 is 5.97 Å². The molecule has 1 aromatic carbocycles. The molecule has 0 atom stereocenters. The molecule has 0 heterocycles. The summed E-state index contributed by atoms with van der Waals surface area (Å²) in [6.07, 6.45) is 0. The molecule has 0 aliphatic heterocycles. The van der Waals surface area contributed by atoms with Crippen LogP contribution in [0.2, 0.25) is 0 Å². The van der Waals surface area contributed by atoms with Crippen LogP contribution in [-0.2, 0) is 6.04 Å². The molecule has 0 bridgehead atoms. The quantitative estimate of drug-likeness (QED) is 0.808. The molecule has 15 heavy (non-hydrogen) atoms. The average molecular weight is 242 g/mol. The number of hydrogen-bond donors (Lipinski definition) is 1. The molecular weight excluding hydrogens is 228 g/mol. The third kappa shape index (κ3) is 2.61. The van der Waals surface area contributed by atoms with Crippen LogP contribution in [0.15, 0.2) is 6.07 Å². The molecule has 0 amide bonds. The number of rotatable bonds is 2. The Bertz CT molecular complexity index is 389. The van der Waals surface area contributed by atoms with Gasteiger partial charge < -0.3 is 5.11 Å². The first-order valence-electron chi connectivity index (χ1n) is 4.46. The summed E-state index contributed by atoms with van der Waals surface area (Å²) in [5.74, 6) is -0.853. The zero-order valence-corrected chi connectivity index (χ0v) is 10.9. The molecule has 0 aliphatic carbocycles. The summed E-state index contributed by atoms with van der Waals surface area (Å²) in [6, 6.07) is 2.50. The fraction of sp³-hybridized carbons (Fsp3) is 0.364. The molecular formula is C11H14ClO2Si. The molecule has 1 N–H and O–H groups in total. The van der Waals surface area contributed by atoms with E-state index in [-0.39, 0.29) is 12.4 Å². The van der Waals surface area contributed by atoms with E-state index in [1.54, 1.807) is 6.07 Å². The SMILES string of the molecule is Cc1cc(C(=O)O)c(C)c(C)c1C[Si].Cl. The number of aryl methyl sites for hydroxylation is 1. The van der Waals surface area contributed by atoms with Gasteiger partial charge in [-0.1, -0.05) is 0 Å². The van der Waals surface area contributed by atoms with Crippen LogP contribution in [0, 0.1) is 20.8 Å². The van der Waals surface area contributed by atoms with Crippen molar-refractivity contribution in [1.29, 1.82) is 0 Å². The van der Waals surface area contributed by atoms with Gasteiger partial charge in [0.25, 0.3) is 0 Å². The van der Waals surface area contributed by atoms with Crippen LogP contribution in [0.3, 0.4) is 0 Å². The Morgan fingerprint density at radius 2 is 1.87 bits per heavy atom. The van der Waals surface area contributed by atoms with Gasteiger partial charge in [0.1, 0.15) is 0 Å². The molecule has 0 unspecified atom stereocenters. The van der Waals surface area contributed by atoms with Crippen molar-refractivity contribution >= 4 is 28.6 Å². The highest BCUT2D eigenvalue weighted by molar-refractivity contribution is 6.08. The molecule has 0 aromatic heterocycles. The molecule has 3 radical (unpaired) electrons. The van der Waals surface area contributed by atoms with Crippen molar-refractivity contribution in [2.24, 2.45) is 0 Å². The van der Waals surface area contributed by atoms with Gasteiger partial charge in [-0.15, -0.1) is 12.4 Å². The molecule has 0 saturated carbocycles. The number of carboxylic acids is 1. The predicted octanol–water partition coefficient (Wildman–Crippen LogP) is 2.40. The molecule has 0 aliphatic rings. The van der Waals surface area contributed by atoms with Crippen molar-refractivity contribution in [3.05, 3.63) is 33.9 Å². The zero-order chi connectivity index (χ0) is 10.9. The van der Waals surface area contributed by atoms with Gasteiger partial charge in [-0.3, -0.25) is 0 Å². The summed E-state index contributed by atoms with van der Waals surface area (Å²) in [7, 11) is 3.46. The van der Waals surface area contributed by atoms with E-state index < -0.39 is 5.97 Å². The minimum absolute atomic E-state index is 0. The van der Waals surface area contributed by atoms with Gasteiger partial charge in [0.15, 0.2) is 0 Å². The second kappa shape index (κ2) is 5.33. The molecule has 0 saturated heterocycles. The van der Waals surface area contributed by atoms with E-state index in [4.69, 9.17) is 5.11 Å². The molecule has 1 aromatic rings. The number of hydrogen-bond acceptors (Lipinski definition) is 1. The van der Waals surface area contributed by atoms with Gasteiger partial charge in [-0.2, -0.15) is 0 Å². The lowest BCUT2D eigenvalue weighted by Crippen LogP contribution is -2.06. The van der Waals surface area contributed by atoms with Gasteiger partial charge in [-0.25, -0.2) is 4.79 Å². The molecule has 0 spiro atoms. The smallest absolute Gasteiger partial charge is 0.335 e. The highest BCUT2D eigenvalue weighted by Crippen LogP contribution is 2.21. The molecule has 4 heteroatoms. The summed E-state index contributed by atoms with van der Waals surface area (Å²) in [4.78, 5) is 10.9. The Morgan fingerprint density at radius 3 is 2.27 bits per heavy atom. The van der Waals surface area contributed by atoms with Crippen LogP contribution in [0.5, 0.6) is 0 Å². The highest BCUT2D eigenvalue weighted by Gasteiger charge is 2.13. The molecule has 2 nitrogen and oxygen atoms in total. The van der Waals surface area contributed by atoms with Gasteiger partial charge in [0.05, 0.1) is 5.56 Å². The third-order valence-electron chi connectivity index (χ3n) is 2.66. The van der Waals surface area contributed by atoms with Crippen molar-refractivity contribution in [3.8, 4) is 0 Å². The average Bonchev–Trinajstić information content (AvgIpc) is 2.12. The Balaban J connectivity index is 0.00000196. The fourth-order valence-electron chi connectivity index (χ4n) is 1.63. The van der Waals surface area contributed by atoms with E-state index >= 15 is 0 Å². The first-order valence-corrected chi connectivity index (χ1v) is 5.17. The summed E-state index contributed by atoms with van der Waals surface area (Å²) < 4.78 is 0. The first-order chi connectivity index (χ1) is 6.49. The normalized spacial score (nSPS) is 9.60. The van der Waals surface area contributed by atoms with Crippen molar-refractivity contribution in [3.63, 3.8) is 0 Å². The largest absolute Gasteiger partial charge is 0.478 e. The van der Waals surface area contributed by atoms with Crippen LogP contribution < -0.4 is 0 Å². The maximum Gasteiger partial charge on any atom is 0.335 e. The number of carboxylic acid groups (broad SMARTS) is 1. The standard InChI is InChI=1S/C11H13O2Si.ClH/c1-6-4-9(11(12)13)7(2)8(3)10(6)5-14;/h4H,5H2,1-3H3,(H,12,13);1H. The van der Waals surface area contributed by atoms with Crippen LogP contribution >= 0.6 is 12.4 Å². The number of aromatic carboxylic acids is 1. The van der Waals surface area contributed by atoms with E-state index in [0.29, 0.717) is 5.56 Å². The summed E-state index contributed by atoms with van der Waals surface area (Å²) in [6.45, 7) is 5.75. The third-order valence-corrected chi connectivity index (χ3v) is 3.02. The first kappa shape index (κ1) is 14.2.